The largest absolute Gasteiger partial charge is 0.293 e. The Morgan fingerprint density at radius 1 is 1.25 bits per heavy atom. The zero-order valence-corrected chi connectivity index (χ0v) is 13.0. The van der Waals surface area contributed by atoms with Crippen molar-refractivity contribution in [3.8, 4) is 0 Å². The second kappa shape index (κ2) is 8.15. The van der Waals surface area contributed by atoms with Crippen LogP contribution in [-0.4, -0.2) is 29.8 Å². The molecule has 0 bridgehead atoms. The topological polar surface area (TPSA) is 20.3 Å². The maximum absolute atomic E-state index is 13.2. The fourth-order valence-electron chi connectivity index (χ4n) is 2.55. The summed E-state index contributed by atoms with van der Waals surface area (Å²) in [6.07, 6.45) is 2.05. The molecular formula is C17H26FNO. The molecule has 0 N–H and O–H groups in total. The highest BCUT2D eigenvalue weighted by atomic mass is 19.1. The number of carbonyl (C=O) groups is 1. The average molecular weight is 279 g/mol. The standard InChI is InChI=1S/C17H26FNO/c1-5-16(6-2)19(11-13(3)4)12-17(20)14-8-7-9-15(18)10-14/h7-10,13,16H,5-6,11-12H2,1-4H3. The van der Waals surface area contributed by atoms with Crippen molar-refractivity contribution >= 4 is 5.78 Å². The number of rotatable bonds is 8. The lowest BCUT2D eigenvalue weighted by atomic mass is 10.0. The van der Waals surface area contributed by atoms with E-state index in [-0.39, 0.29) is 11.6 Å². The molecule has 0 fully saturated rings. The van der Waals surface area contributed by atoms with E-state index in [1.54, 1.807) is 12.1 Å². The Hall–Kier alpha value is -1.22. The van der Waals surface area contributed by atoms with Gasteiger partial charge in [0.2, 0.25) is 0 Å². The first-order chi connectivity index (χ1) is 9.47. The molecular weight excluding hydrogens is 253 g/mol. The van der Waals surface area contributed by atoms with E-state index >= 15 is 0 Å². The number of halogens is 1. The highest BCUT2D eigenvalue weighted by Gasteiger charge is 2.20. The molecule has 0 amide bonds. The fraction of sp³-hybridized carbons (Fsp3) is 0.588. The van der Waals surface area contributed by atoms with E-state index in [1.165, 1.54) is 12.1 Å². The first-order valence-electron chi connectivity index (χ1n) is 7.50. The summed E-state index contributed by atoms with van der Waals surface area (Å²) in [5.74, 6) is 0.154. The third-order valence-corrected chi connectivity index (χ3v) is 3.55. The molecule has 1 aromatic rings. The van der Waals surface area contributed by atoms with Crippen molar-refractivity contribution in [1.29, 1.82) is 0 Å². The summed E-state index contributed by atoms with van der Waals surface area (Å²) in [4.78, 5) is 14.6. The quantitative estimate of drug-likeness (QED) is 0.666. The van der Waals surface area contributed by atoms with Gasteiger partial charge >= 0.3 is 0 Å². The van der Waals surface area contributed by atoms with Crippen LogP contribution in [0.15, 0.2) is 24.3 Å². The van der Waals surface area contributed by atoms with Gasteiger partial charge in [0.25, 0.3) is 0 Å². The summed E-state index contributed by atoms with van der Waals surface area (Å²) in [5.41, 5.74) is 0.463. The van der Waals surface area contributed by atoms with Crippen molar-refractivity contribution < 1.29 is 9.18 Å². The Balaban J connectivity index is 2.80. The fourth-order valence-corrected chi connectivity index (χ4v) is 2.55. The number of hydrogen-bond acceptors (Lipinski definition) is 2. The Morgan fingerprint density at radius 3 is 2.40 bits per heavy atom. The Morgan fingerprint density at radius 2 is 1.90 bits per heavy atom. The molecule has 20 heavy (non-hydrogen) atoms. The van der Waals surface area contributed by atoms with E-state index in [2.05, 4.69) is 32.6 Å². The van der Waals surface area contributed by atoms with E-state index in [1.807, 2.05) is 0 Å². The van der Waals surface area contributed by atoms with Crippen molar-refractivity contribution in [1.82, 2.24) is 4.90 Å². The number of Topliss-reactive ketones (excluding diaryl/α,β-unsaturated/α-hetero) is 1. The Labute approximate surface area is 122 Å². The predicted octanol–water partition coefficient (Wildman–Crippen LogP) is 4.16. The minimum absolute atomic E-state index is 0.00273. The second-order valence-corrected chi connectivity index (χ2v) is 5.73. The molecule has 0 aromatic heterocycles. The lowest BCUT2D eigenvalue weighted by Gasteiger charge is -2.31. The van der Waals surface area contributed by atoms with E-state index in [9.17, 15) is 9.18 Å². The third kappa shape index (κ3) is 5.04. The van der Waals surface area contributed by atoms with Crippen LogP contribution >= 0.6 is 0 Å². The molecule has 0 heterocycles. The number of nitrogens with zero attached hydrogens (tertiary/aromatic N) is 1. The molecule has 0 aliphatic heterocycles. The average Bonchev–Trinajstić information content (AvgIpc) is 2.39. The maximum atomic E-state index is 13.2. The molecule has 0 spiro atoms. The molecule has 1 aromatic carbocycles. The first kappa shape index (κ1) is 16.8. The number of hydrogen-bond donors (Lipinski definition) is 0. The van der Waals surface area contributed by atoms with Gasteiger partial charge in [0.15, 0.2) is 5.78 Å². The Kier molecular flexibility index (Phi) is 6.86. The normalized spacial score (nSPS) is 11.6. The molecule has 3 heteroatoms. The molecule has 0 aliphatic rings. The van der Waals surface area contributed by atoms with Crippen LogP contribution in [0.4, 0.5) is 4.39 Å². The molecule has 0 radical (unpaired) electrons. The summed E-state index contributed by atoms with van der Waals surface area (Å²) < 4.78 is 13.2. The SMILES string of the molecule is CCC(CC)N(CC(=O)c1cccc(F)c1)CC(C)C. The van der Waals surface area contributed by atoms with Gasteiger partial charge < -0.3 is 0 Å². The van der Waals surface area contributed by atoms with Gasteiger partial charge in [0.1, 0.15) is 5.82 Å². The lowest BCUT2D eigenvalue weighted by Crippen LogP contribution is -2.40. The Bertz CT molecular complexity index is 427. The minimum Gasteiger partial charge on any atom is -0.293 e. The van der Waals surface area contributed by atoms with Gasteiger partial charge in [-0.3, -0.25) is 9.69 Å². The summed E-state index contributed by atoms with van der Waals surface area (Å²) in [6.45, 7) is 9.87. The van der Waals surface area contributed by atoms with Gasteiger partial charge in [-0.2, -0.15) is 0 Å². The van der Waals surface area contributed by atoms with E-state index < -0.39 is 0 Å². The van der Waals surface area contributed by atoms with E-state index in [4.69, 9.17) is 0 Å². The van der Waals surface area contributed by atoms with Gasteiger partial charge in [-0.1, -0.05) is 39.8 Å². The summed E-state index contributed by atoms with van der Waals surface area (Å²) in [6, 6.07) is 6.37. The zero-order valence-electron chi connectivity index (χ0n) is 13.0. The number of ketones is 1. The molecule has 0 atom stereocenters. The molecule has 0 saturated heterocycles. The van der Waals surface area contributed by atoms with Crippen LogP contribution in [0.3, 0.4) is 0 Å². The van der Waals surface area contributed by atoms with Crippen molar-refractivity contribution in [2.45, 2.75) is 46.6 Å². The highest BCUT2D eigenvalue weighted by Crippen LogP contribution is 2.13. The number of benzene rings is 1. The van der Waals surface area contributed by atoms with Crippen LogP contribution in [-0.2, 0) is 0 Å². The highest BCUT2D eigenvalue weighted by molar-refractivity contribution is 5.97. The molecule has 2 nitrogen and oxygen atoms in total. The molecule has 0 unspecified atom stereocenters. The summed E-state index contributed by atoms with van der Waals surface area (Å²) in [7, 11) is 0. The number of carbonyl (C=O) groups excluding carboxylic acids is 1. The van der Waals surface area contributed by atoms with E-state index in [0.717, 1.165) is 19.4 Å². The van der Waals surface area contributed by atoms with Crippen molar-refractivity contribution in [2.24, 2.45) is 5.92 Å². The van der Waals surface area contributed by atoms with Gasteiger partial charge in [-0.25, -0.2) is 4.39 Å². The van der Waals surface area contributed by atoms with Crippen molar-refractivity contribution in [3.63, 3.8) is 0 Å². The maximum Gasteiger partial charge on any atom is 0.176 e. The minimum atomic E-state index is -0.353. The monoisotopic (exact) mass is 279 g/mol. The van der Waals surface area contributed by atoms with Crippen LogP contribution in [0, 0.1) is 11.7 Å². The van der Waals surface area contributed by atoms with Crippen LogP contribution < -0.4 is 0 Å². The van der Waals surface area contributed by atoms with Gasteiger partial charge in [-0.05, 0) is 30.9 Å². The van der Waals surface area contributed by atoms with Crippen molar-refractivity contribution in [3.05, 3.63) is 35.6 Å². The molecule has 0 aliphatic carbocycles. The van der Waals surface area contributed by atoms with Crippen molar-refractivity contribution in [2.75, 3.05) is 13.1 Å². The summed E-state index contributed by atoms with van der Waals surface area (Å²) >= 11 is 0. The lowest BCUT2D eigenvalue weighted by molar-refractivity contribution is 0.0865. The van der Waals surface area contributed by atoms with Gasteiger partial charge in [0.05, 0.1) is 6.54 Å². The van der Waals surface area contributed by atoms with Crippen LogP contribution in [0.2, 0.25) is 0 Å². The van der Waals surface area contributed by atoms with Gasteiger partial charge in [-0.15, -0.1) is 0 Å². The molecule has 1 rings (SSSR count). The summed E-state index contributed by atoms with van der Waals surface area (Å²) in [5, 5.41) is 0. The third-order valence-electron chi connectivity index (χ3n) is 3.55. The van der Waals surface area contributed by atoms with Gasteiger partial charge in [0, 0.05) is 18.2 Å². The van der Waals surface area contributed by atoms with E-state index in [0.29, 0.717) is 24.1 Å². The first-order valence-corrected chi connectivity index (χ1v) is 7.50. The predicted molar refractivity (Wildman–Crippen MR) is 81.5 cm³/mol. The van der Waals surface area contributed by atoms with Crippen LogP contribution in [0.25, 0.3) is 0 Å². The van der Waals surface area contributed by atoms with Crippen LogP contribution in [0.5, 0.6) is 0 Å². The molecule has 112 valence electrons. The van der Waals surface area contributed by atoms with Crippen LogP contribution in [0.1, 0.15) is 50.9 Å². The molecule has 0 saturated carbocycles. The second-order valence-electron chi connectivity index (χ2n) is 5.73. The zero-order chi connectivity index (χ0) is 15.1. The smallest absolute Gasteiger partial charge is 0.176 e.